The van der Waals surface area contributed by atoms with Crippen LogP contribution in [-0.4, -0.2) is 28.8 Å². The standard InChI is InChI=1S/C31H34BrClN2O2/c32-26-14-9-12-24(20-26)22-35(30(36)19-18-25-13-7-8-17-28(25)33)29(21-23-10-3-1-4-11-23)31(37)34-27-15-5-2-6-16-27/h1,3-4,7-14,17,20,27,29H,2,5-6,15-16,18-19,21-22H2,(H,34,37)/t29-/m1/s1. The van der Waals surface area contributed by atoms with Gasteiger partial charge >= 0.3 is 0 Å². The van der Waals surface area contributed by atoms with E-state index in [2.05, 4.69) is 21.2 Å². The van der Waals surface area contributed by atoms with E-state index in [0.29, 0.717) is 24.4 Å². The zero-order valence-electron chi connectivity index (χ0n) is 21.0. The van der Waals surface area contributed by atoms with Gasteiger partial charge in [0.15, 0.2) is 0 Å². The van der Waals surface area contributed by atoms with Crippen molar-refractivity contribution in [3.05, 3.63) is 105 Å². The van der Waals surface area contributed by atoms with Gasteiger partial charge in [0.25, 0.3) is 0 Å². The van der Waals surface area contributed by atoms with Crippen LogP contribution in [0.4, 0.5) is 0 Å². The molecule has 0 bridgehead atoms. The average Bonchev–Trinajstić information content (AvgIpc) is 2.91. The van der Waals surface area contributed by atoms with Gasteiger partial charge in [0.05, 0.1) is 0 Å². The molecule has 1 aliphatic rings. The first kappa shape index (κ1) is 27.4. The molecular formula is C31H34BrClN2O2. The van der Waals surface area contributed by atoms with Crippen LogP contribution in [0.2, 0.25) is 5.02 Å². The molecule has 0 spiro atoms. The number of aryl methyl sites for hydroxylation is 1. The molecule has 1 N–H and O–H groups in total. The highest BCUT2D eigenvalue weighted by Crippen LogP contribution is 2.22. The number of carbonyl (C=O) groups excluding carboxylic acids is 2. The van der Waals surface area contributed by atoms with E-state index in [-0.39, 0.29) is 24.3 Å². The molecule has 0 radical (unpaired) electrons. The van der Waals surface area contributed by atoms with Gasteiger partial charge in [-0.05, 0) is 54.2 Å². The van der Waals surface area contributed by atoms with Gasteiger partial charge in [-0.3, -0.25) is 9.59 Å². The van der Waals surface area contributed by atoms with Crippen molar-refractivity contribution in [1.82, 2.24) is 10.2 Å². The fourth-order valence-corrected chi connectivity index (χ4v) is 5.69. The van der Waals surface area contributed by atoms with E-state index in [9.17, 15) is 9.59 Å². The lowest BCUT2D eigenvalue weighted by molar-refractivity contribution is -0.141. The van der Waals surface area contributed by atoms with Crippen LogP contribution in [-0.2, 0) is 29.0 Å². The molecule has 3 aromatic rings. The summed E-state index contributed by atoms with van der Waals surface area (Å²) in [5.41, 5.74) is 2.94. The van der Waals surface area contributed by atoms with Gasteiger partial charge in [0.2, 0.25) is 11.8 Å². The van der Waals surface area contributed by atoms with E-state index in [1.807, 2.05) is 78.9 Å². The summed E-state index contributed by atoms with van der Waals surface area (Å²) < 4.78 is 0.944. The number of amides is 2. The molecule has 0 saturated heterocycles. The lowest BCUT2D eigenvalue weighted by atomic mass is 9.94. The predicted molar refractivity (Wildman–Crippen MR) is 153 cm³/mol. The van der Waals surface area contributed by atoms with Gasteiger partial charge in [-0.1, -0.05) is 107 Å². The van der Waals surface area contributed by atoms with Gasteiger partial charge in [0, 0.05) is 34.9 Å². The molecular weight excluding hydrogens is 548 g/mol. The van der Waals surface area contributed by atoms with Crippen LogP contribution in [0.25, 0.3) is 0 Å². The molecule has 2 amide bonds. The summed E-state index contributed by atoms with van der Waals surface area (Å²) in [6, 6.07) is 25.1. The van der Waals surface area contributed by atoms with E-state index in [1.54, 1.807) is 4.90 Å². The average molecular weight is 582 g/mol. The highest BCUT2D eigenvalue weighted by Gasteiger charge is 2.31. The van der Waals surface area contributed by atoms with Gasteiger partial charge in [-0.25, -0.2) is 0 Å². The van der Waals surface area contributed by atoms with Crippen LogP contribution in [0.3, 0.4) is 0 Å². The van der Waals surface area contributed by atoms with Crippen LogP contribution in [0.5, 0.6) is 0 Å². The van der Waals surface area contributed by atoms with Crippen molar-refractivity contribution in [2.24, 2.45) is 0 Å². The smallest absolute Gasteiger partial charge is 0.243 e. The molecule has 0 unspecified atom stereocenters. The fourth-order valence-electron chi connectivity index (χ4n) is 5.02. The summed E-state index contributed by atoms with van der Waals surface area (Å²) in [6.45, 7) is 0.358. The number of nitrogens with one attached hydrogen (secondary N) is 1. The van der Waals surface area contributed by atoms with Gasteiger partial charge in [-0.15, -0.1) is 0 Å². The second-order valence-electron chi connectivity index (χ2n) is 9.79. The number of hydrogen-bond donors (Lipinski definition) is 1. The van der Waals surface area contributed by atoms with E-state index < -0.39 is 6.04 Å². The summed E-state index contributed by atoms with van der Waals surface area (Å²) >= 11 is 9.92. The van der Waals surface area contributed by atoms with Gasteiger partial charge < -0.3 is 10.2 Å². The molecule has 1 fully saturated rings. The van der Waals surface area contributed by atoms with E-state index in [0.717, 1.165) is 46.8 Å². The lowest BCUT2D eigenvalue weighted by Gasteiger charge is -2.33. The van der Waals surface area contributed by atoms with Crippen molar-refractivity contribution in [2.45, 2.75) is 70.0 Å². The zero-order valence-corrected chi connectivity index (χ0v) is 23.4. The lowest BCUT2D eigenvalue weighted by Crippen LogP contribution is -2.52. The highest BCUT2D eigenvalue weighted by atomic mass is 79.9. The highest BCUT2D eigenvalue weighted by molar-refractivity contribution is 9.10. The molecule has 1 atom stereocenters. The van der Waals surface area contributed by atoms with Crippen molar-refractivity contribution >= 4 is 39.3 Å². The van der Waals surface area contributed by atoms with Crippen molar-refractivity contribution in [1.29, 1.82) is 0 Å². The Morgan fingerprint density at radius 2 is 1.62 bits per heavy atom. The Bertz CT molecular complexity index is 1180. The maximum atomic E-state index is 13.8. The Balaban J connectivity index is 1.62. The Morgan fingerprint density at radius 1 is 0.919 bits per heavy atom. The van der Waals surface area contributed by atoms with E-state index in [1.165, 1.54) is 6.42 Å². The number of benzene rings is 3. The molecule has 4 rings (SSSR count). The molecule has 0 aromatic heterocycles. The SMILES string of the molecule is O=C(NC1CCCCC1)[C@@H](Cc1ccccc1)N(Cc1cccc(Br)c1)C(=O)CCc1ccccc1Cl. The number of carbonyl (C=O) groups is 2. The normalized spacial score (nSPS) is 14.6. The monoisotopic (exact) mass is 580 g/mol. The summed E-state index contributed by atoms with van der Waals surface area (Å²) in [4.78, 5) is 29.4. The van der Waals surface area contributed by atoms with Crippen molar-refractivity contribution in [2.75, 3.05) is 0 Å². The second kappa shape index (κ2) is 13.8. The third-order valence-corrected chi connectivity index (χ3v) is 7.89. The van der Waals surface area contributed by atoms with Crippen LogP contribution in [0.15, 0.2) is 83.3 Å². The number of hydrogen-bond acceptors (Lipinski definition) is 2. The van der Waals surface area contributed by atoms with Crippen molar-refractivity contribution < 1.29 is 9.59 Å². The van der Waals surface area contributed by atoms with Crippen LogP contribution >= 0.6 is 27.5 Å². The Hall–Kier alpha value is -2.63. The third-order valence-electron chi connectivity index (χ3n) is 7.03. The Morgan fingerprint density at radius 3 is 2.35 bits per heavy atom. The van der Waals surface area contributed by atoms with E-state index in [4.69, 9.17) is 11.6 Å². The molecule has 0 heterocycles. The largest absolute Gasteiger partial charge is 0.352 e. The molecule has 37 heavy (non-hydrogen) atoms. The first-order valence-electron chi connectivity index (χ1n) is 13.1. The summed E-state index contributed by atoms with van der Waals surface area (Å²) in [5, 5.41) is 3.95. The number of nitrogens with zero attached hydrogens (tertiary/aromatic N) is 1. The Labute approximate surface area is 233 Å². The third kappa shape index (κ3) is 8.18. The topological polar surface area (TPSA) is 49.4 Å². The summed E-state index contributed by atoms with van der Waals surface area (Å²) in [7, 11) is 0. The summed E-state index contributed by atoms with van der Waals surface area (Å²) in [5.74, 6) is -0.128. The van der Waals surface area contributed by atoms with Crippen molar-refractivity contribution in [3.8, 4) is 0 Å². The maximum Gasteiger partial charge on any atom is 0.243 e. The Kier molecular flexibility index (Phi) is 10.2. The molecule has 4 nitrogen and oxygen atoms in total. The molecule has 194 valence electrons. The second-order valence-corrected chi connectivity index (χ2v) is 11.1. The van der Waals surface area contributed by atoms with Crippen molar-refractivity contribution in [3.63, 3.8) is 0 Å². The number of halogens is 2. The molecule has 0 aliphatic heterocycles. The van der Waals surface area contributed by atoms with E-state index >= 15 is 0 Å². The minimum absolute atomic E-state index is 0.0559. The number of rotatable bonds is 10. The first-order chi connectivity index (χ1) is 18.0. The first-order valence-corrected chi connectivity index (χ1v) is 14.3. The quantitative estimate of drug-likeness (QED) is 0.277. The zero-order chi connectivity index (χ0) is 26.0. The predicted octanol–water partition coefficient (Wildman–Crippen LogP) is 7.12. The summed E-state index contributed by atoms with van der Waals surface area (Å²) in [6.07, 6.45) is 6.74. The van der Waals surface area contributed by atoms with Crippen LogP contribution in [0, 0.1) is 0 Å². The molecule has 6 heteroatoms. The van der Waals surface area contributed by atoms with Gasteiger partial charge in [0.1, 0.15) is 6.04 Å². The van der Waals surface area contributed by atoms with Crippen LogP contribution in [0.1, 0.15) is 55.2 Å². The molecule has 1 saturated carbocycles. The maximum absolute atomic E-state index is 13.8. The molecule has 3 aromatic carbocycles. The van der Waals surface area contributed by atoms with Gasteiger partial charge in [-0.2, -0.15) is 0 Å². The minimum atomic E-state index is -0.609. The minimum Gasteiger partial charge on any atom is -0.352 e. The molecule has 1 aliphatic carbocycles. The fraction of sp³-hybridized carbons (Fsp3) is 0.355. The van der Waals surface area contributed by atoms with Crippen LogP contribution < -0.4 is 5.32 Å².